The van der Waals surface area contributed by atoms with Crippen molar-refractivity contribution in [2.24, 2.45) is 0 Å². The lowest BCUT2D eigenvalue weighted by atomic mass is 10.7. The van der Waals surface area contributed by atoms with Crippen molar-refractivity contribution in [2.45, 2.75) is 6.04 Å². The smallest absolute Gasteiger partial charge is 0.377 e. The Morgan fingerprint density at radius 3 is 3.00 bits per heavy atom. The molecule has 0 aromatic rings. The van der Waals surface area contributed by atoms with Crippen LogP contribution >= 0.6 is 11.1 Å². The second-order valence-corrected chi connectivity index (χ2v) is 7.06. The predicted molar refractivity (Wildman–Crippen MR) is 45.2 cm³/mol. The molecule has 0 bridgehead atoms. The van der Waals surface area contributed by atoms with E-state index in [0.717, 1.165) is 19.2 Å². The molecule has 1 unspecified atom stereocenters. The lowest BCUT2D eigenvalue weighted by Gasteiger charge is -2.22. The molecule has 1 fully saturated rings. The lowest BCUT2D eigenvalue weighted by molar-refractivity contribution is 0.365. The first kappa shape index (κ1) is 8.27. The Kier molecular flexibility index (Phi) is 2.52. The van der Waals surface area contributed by atoms with E-state index in [1.165, 1.54) is 0 Å². The van der Waals surface area contributed by atoms with Crippen molar-refractivity contribution >= 4 is 18.9 Å². The highest BCUT2D eigenvalue weighted by Crippen LogP contribution is 2.25. The lowest BCUT2D eigenvalue weighted by Crippen LogP contribution is -2.42. The summed E-state index contributed by atoms with van der Waals surface area (Å²) in [6.07, 6.45) is 1.83. The molecule has 1 heterocycles. The molecule has 1 aliphatic heterocycles. The molecule has 0 aromatic carbocycles. The average molecular weight is 178 g/mol. The van der Waals surface area contributed by atoms with E-state index >= 15 is 0 Å². The van der Waals surface area contributed by atoms with Gasteiger partial charge in [0.2, 0.25) is 0 Å². The van der Waals surface area contributed by atoms with Gasteiger partial charge in [-0.15, -0.1) is 17.7 Å². The summed E-state index contributed by atoms with van der Waals surface area (Å²) in [5, 5.41) is 0. The van der Waals surface area contributed by atoms with Gasteiger partial charge in [-0.3, -0.25) is 4.57 Å². The first-order chi connectivity index (χ1) is 4.69. The molecule has 0 saturated carbocycles. The fourth-order valence-electron chi connectivity index (χ4n) is 1.01. The van der Waals surface area contributed by atoms with Gasteiger partial charge in [0.1, 0.15) is 0 Å². The van der Waals surface area contributed by atoms with Crippen molar-refractivity contribution in [1.29, 1.82) is 0 Å². The number of allylic oxidation sites excluding steroid dienone is 1. The SMILES string of the molecule is C=CC[Si]1(Cl)OCCN1C. The van der Waals surface area contributed by atoms with Gasteiger partial charge in [-0.25, -0.2) is 0 Å². The van der Waals surface area contributed by atoms with Gasteiger partial charge in [-0.1, -0.05) is 6.08 Å². The zero-order valence-electron chi connectivity index (χ0n) is 6.14. The summed E-state index contributed by atoms with van der Waals surface area (Å²) < 4.78 is 7.57. The summed E-state index contributed by atoms with van der Waals surface area (Å²) >= 11 is 6.19. The zero-order valence-corrected chi connectivity index (χ0v) is 7.90. The van der Waals surface area contributed by atoms with Gasteiger partial charge in [0.25, 0.3) is 0 Å². The van der Waals surface area contributed by atoms with Gasteiger partial charge >= 0.3 is 7.79 Å². The van der Waals surface area contributed by atoms with E-state index in [1.807, 2.05) is 13.1 Å². The predicted octanol–water partition coefficient (Wildman–Crippen LogP) is 1.31. The van der Waals surface area contributed by atoms with Crippen LogP contribution in [0.2, 0.25) is 6.04 Å². The summed E-state index contributed by atoms with van der Waals surface area (Å²) in [4.78, 5) is 0. The Hall–Kier alpha value is 0.167. The van der Waals surface area contributed by atoms with Crippen LogP contribution in [0.3, 0.4) is 0 Å². The number of rotatable bonds is 2. The van der Waals surface area contributed by atoms with E-state index in [4.69, 9.17) is 15.5 Å². The highest BCUT2D eigenvalue weighted by Gasteiger charge is 2.41. The van der Waals surface area contributed by atoms with Crippen molar-refractivity contribution in [2.75, 3.05) is 20.2 Å². The Morgan fingerprint density at radius 2 is 2.60 bits per heavy atom. The fraction of sp³-hybridized carbons (Fsp3) is 0.667. The fourth-order valence-corrected chi connectivity index (χ4v) is 3.66. The largest absolute Gasteiger partial charge is 0.390 e. The Balaban J connectivity index is 2.56. The molecule has 0 spiro atoms. The van der Waals surface area contributed by atoms with Gasteiger partial charge in [0.05, 0.1) is 0 Å². The van der Waals surface area contributed by atoms with Crippen molar-refractivity contribution in [3.8, 4) is 0 Å². The van der Waals surface area contributed by atoms with Crippen LogP contribution in [-0.4, -0.2) is 32.6 Å². The van der Waals surface area contributed by atoms with Crippen LogP contribution in [0, 0.1) is 0 Å². The van der Waals surface area contributed by atoms with Crippen LogP contribution in [0.25, 0.3) is 0 Å². The normalized spacial score (nSPS) is 34.6. The standard InChI is InChI=1S/C6H12ClNOSi/c1-3-6-10(7)8(2)4-5-9-10/h3H,1,4-6H2,2H3. The third kappa shape index (κ3) is 1.42. The summed E-state index contributed by atoms with van der Waals surface area (Å²) in [5.74, 6) is 0. The number of hydrogen-bond acceptors (Lipinski definition) is 2. The second-order valence-electron chi connectivity index (χ2n) is 2.45. The number of nitrogens with zero attached hydrogens (tertiary/aromatic N) is 1. The summed E-state index contributed by atoms with van der Waals surface area (Å²) in [5.41, 5.74) is 0. The third-order valence-electron chi connectivity index (χ3n) is 1.72. The molecule has 4 heteroatoms. The molecule has 0 N–H and O–H groups in total. The molecular formula is C6H12ClNOSi. The first-order valence-corrected chi connectivity index (χ1v) is 6.41. The summed E-state index contributed by atoms with van der Waals surface area (Å²) in [7, 11) is 0.00752. The molecule has 0 aromatic heterocycles. The van der Waals surface area contributed by atoms with E-state index in [-0.39, 0.29) is 0 Å². The maximum atomic E-state index is 6.19. The minimum Gasteiger partial charge on any atom is -0.390 e. The molecule has 0 amide bonds. The third-order valence-corrected chi connectivity index (χ3v) is 6.17. The first-order valence-electron chi connectivity index (χ1n) is 3.34. The second kappa shape index (κ2) is 3.05. The van der Waals surface area contributed by atoms with E-state index in [2.05, 4.69) is 11.1 Å². The molecule has 1 atom stereocenters. The minimum atomic E-state index is -2.00. The van der Waals surface area contributed by atoms with Gasteiger partial charge in [0.15, 0.2) is 0 Å². The van der Waals surface area contributed by atoms with Crippen LogP contribution < -0.4 is 0 Å². The molecule has 1 aliphatic rings. The molecule has 2 nitrogen and oxygen atoms in total. The van der Waals surface area contributed by atoms with Gasteiger partial charge in [-0.2, -0.15) is 0 Å². The van der Waals surface area contributed by atoms with Gasteiger partial charge in [-0.05, 0) is 7.05 Å². The summed E-state index contributed by atoms with van der Waals surface area (Å²) in [6, 6.07) is 0.811. The maximum absolute atomic E-state index is 6.19. The zero-order chi connectivity index (χ0) is 7.61. The van der Waals surface area contributed by atoms with Crippen molar-refractivity contribution in [3.05, 3.63) is 12.7 Å². The maximum Gasteiger partial charge on any atom is 0.377 e. The molecule has 0 aliphatic carbocycles. The topological polar surface area (TPSA) is 12.5 Å². The van der Waals surface area contributed by atoms with Crippen LogP contribution in [0.1, 0.15) is 0 Å². The Bertz CT molecular complexity index is 144. The monoisotopic (exact) mass is 177 g/mol. The van der Waals surface area contributed by atoms with E-state index in [0.29, 0.717) is 0 Å². The van der Waals surface area contributed by atoms with Crippen LogP contribution in [0.5, 0.6) is 0 Å². The molecule has 0 radical (unpaired) electrons. The van der Waals surface area contributed by atoms with E-state index in [9.17, 15) is 0 Å². The van der Waals surface area contributed by atoms with Gasteiger partial charge in [0, 0.05) is 19.2 Å². The quantitative estimate of drug-likeness (QED) is 0.358. The molecule has 1 saturated heterocycles. The van der Waals surface area contributed by atoms with Crippen molar-refractivity contribution < 1.29 is 4.43 Å². The minimum absolute atomic E-state index is 0.778. The average Bonchev–Trinajstić information content (AvgIpc) is 2.15. The van der Waals surface area contributed by atoms with Crippen LogP contribution in [-0.2, 0) is 4.43 Å². The highest BCUT2D eigenvalue weighted by atomic mass is 35.6. The Labute approximate surface area is 67.3 Å². The molecule has 58 valence electrons. The molecule has 1 rings (SSSR count). The number of halogens is 1. The van der Waals surface area contributed by atoms with E-state index in [1.54, 1.807) is 0 Å². The highest BCUT2D eigenvalue weighted by molar-refractivity contribution is 7.15. The van der Waals surface area contributed by atoms with Crippen LogP contribution in [0.15, 0.2) is 12.7 Å². The Morgan fingerprint density at radius 1 is 1.90 bits per heavy atom. The van der Waals surface area contributed by atoms with Crippen LogP contribution in [0.4, 0.5) is 0 Å². The molecule has 10 heavy (non-hydrogen) atoms. The van der Waals surface area contributed by atoms with Crippen molar-refractivity contribution in [3.63, 3.8) is 0 Å². The van der Waals surface area contributed by atoms with E-state index < -0.39 is 7.79 Å². The number of hydrogen-bond donors (Lipinski definition) is 0. The molecular weight excluding hydrogens is 166 g/mol. The van der Waals surface area contributed by atoms with Gasteiger partial charge < -0.3 is 4.43 Å². The number of likely N-dealkylation sites (N-methyl/N-ethyl adjacent to an activating group) is 1. The summed E-state index contributed by atoms with van der Waals surface area (Å²) in [6.45, 7) is 5.39. The van der Waals surface area contributed by atoms with Crippen molar-refractivity contribution in [1.82, 2.24) is 4.57 Å².